The van der Waals surface area contributed by atoms with Crippen LogP contribution in [0.5, 0.6) is 0 Å². The average molecular weight is 462 g/mol. The van der Waals surface area contributed by atoms with Crippen molar-refractivity contribution >= 4 is 18.3 Å². The Morgan fingerprint density at radius 3 is 2.66 bits per heavy atom. The molecule has 1 aliphatic rings. The molecule has 0 spiro atoms. The fourth-order valence-corrected chi connectivity index (χ4v) is 4.98. The average Bonchev–Trinajstić information content (AvgIpc) is 2.89. The van der Waals surface area contributed by atoms with Gasteiger partial charge in [0, 0.05) is 30.8 Å². The molecular weight excluding hydrogens is 430 g/mol. The van der Waals surface area contributed by atoms with Crippen LogP contribution in [0.2, 0.25) is 0 Å². The second-order valence-electron chi connectivity index (χ2n) is 8.91. The van der Waals surface area contributed by atoms with Crippen molar-refractivity contribution in [1.82, 2.24) is 9.88 Å². The van der Waals surface area contributed by atoms with Crippen LogP contribution in [-0.4, -0.2) is 35.6 Å². The number of aliphatic imine (C=N–C) groups is 1. The number of nitrogens with zero attached hydrogens (tertiary/aromatic N) is 3. The summed E-state index contributed by atoms with van der Waals surface area (Å²) >= 11 is 0. The lowest BCUT2D eigenvalue weighted by Crippen LogP contribution is -2.36. The van der Waals surface area contributed by atoms with Crippen molar-refractivity contribution < 1.29 is 4.79 Å². The van der Waals surface area contributed by atoms with Gasteiger partial charge in [-0.1, -0.05) is 67.3 Å². The molecule has 1 amide bonds. The highest BCUT2D eigenvalue weighted by atomic mass is 16.2. The van der Waals surface area contributed by atoms with Crippen LogP contribution in [0.15, 0.2) is 90.7 Å². The molecule has 2 unspecified atom stereocenters. The van der Waals surface area contributed by atoms with E-state index in [0.29, 0.717) is 23.7 Å². The molecule has 0 saturated carbocycles. The van der Waals surface area contributed by atoms with Gasteiger partial charge in [0.05, 0.1) is 17.4 Å². The van der Waals surface area contributed by atoms with Gasteiger partial charge >= 0.3 is 0 Å². The zero-order valence-corrected chi connectivity index (χ0v) is 20.1. The normalized spacial score (nSPS) is 16.7. The number of likely N-dealkylation sites (tertiary alicyclic amines) is 1. The highest BCUT2D eigenvalue weighted by molar-refractivity contribution is 5.94. The minimum absolute atomic E-state index is 0.0154. The number of rotatable bonds is 5. The Hall–Kier alpha value is -3.97. The number of allylic oxidation sites excluding steroid dienone is 1. The lowest BCUT2D eigenvalue weighted by molar-refractivity contribution is 0.0726. The van der Waals surface area contributed by atoms with E-state index in [-0.39, 0.29) is 11.8 Å². The molecule has 3 aromatic rings. The van der Waals surface area contributed by atoms with E-state index >= 15 is 0 Å². The van der Waals surface area contributed by atoms with E-state index in [0.717, 1.165) is 37.8 Å². The second kappa shape index (κ2) is 11.9. The third-order valence-electron chi connectivity index (χ3n) is 6.66. The van der Waals surface area contributed by atoms with Crippen molar-refractivity contribution in [3.05, 3.63) is 108 Å². The monoisotopic (exact) mass is 461 g/mol. The predicted octanol–water partition coefficient (Wildman–Crippen LogP) is 6.42. The molecule has 0 radical (unpaired) electrons. The van der Waals surface area contributed by atoms with Gasteiger partial charge in [0.2, 0.25) is 0 Å². The minimum atomic E-state index is 0.0154. The number of hydrogen-bond acceptors (Lipinski definition) is 3. The van der Waals surface area contributed by atoms with Crippen LogP contribution < -0.4 is 0 Å². The molecule has 0 N–H and O–H groups in total. The molecular formula is C31H31N3O. The summed E-state index contributed by atoms with van der Waals surface area (Å²) in [5, 5.41) is 0. The maximum atomic E-state index is 13.3. The van der Waals surface area contributed by atoms with Crippen molar-refractivity contribution in [2.45, 2.75) is 31.6 Å². The van der Waals surface area contributed by atoms with Crippen LogP contribution in [0.1, 0.15) is 58.6 Å². The molecule has 2 atom stereocenters. The summed E-state index contributed by atoms with van der Waals surface area (Å²) in [5.74, 6) is 6.81. The van der Waals surface area contributed by atoms with Gasteiger partial charge in [-0.25, -0.2) is 0 Å². The predicted molar refractivity (Wildman–Crippen MR) is 143 cm³/mol. The Bertz CT molecular complexity index is 1240. The first-order chi connectivity index (χ1) is 17.2. The van der Waals surface area contributed by atoms with Crippen molar-refractivity contribution in [3.8, 4) is 11.8 Å². The smallest absolute Gasteiger partial charge is 0.255 e. The molecule has 35 heavy (non-hydrogen) atoms. The van der Waals surface area contributed by atoms with E-state index in [9.17, 15) is 4.79 Å². The molecule has 1 saturated heterocycles. The molecule has 0 bridgehead atoms. The molecule has 4 nitrogen and oxygen atoms in total. The summed E-state index contributed by atoms with van der Waals surface area (Å²) < 4.78 is 0. The summed E-state index contributed by atoms with van der Waals surface area (Å²) in [6.45, 7) is 8.74. The maximum Gasteiger partial charge on any atom is 0.255 e. The zero-order chi connectivity index (χ0) is 24.5. The van der Waals surface area contributed by atoms with E-state index in [1.165, 1.54) is 11.1 Å². The molecule has 4 rings (SSSR count). The number of carbonyl (C=O) groups is 1. The number of amides is 1. The minimum Gasteiger partial charge on any atom is -0.339 e. The summed E-state index contributed by atoms with van der Waals surface area (Å²) in [7, 11) is 0. The molecule has 2 heterocycles. The van der Waals surface area contributed by atoms with Gasteiger partial charge in [-0.2, -0.15) is 0 Å². The van der Waals surface area contributed by atoms with E-state index in [1.807, 2.05) is 11.0 Å². The van der Waals surface area contributed by atoms with E-state index < -0.39 is 0 Å². The summed E-state index contributed by atoms with van der Waals surface area (Å²) in [6.07, 6.45) is 8.99. The standard InChI is InChI=1S/C31H31N3O/c1-3-4-11-24-12-10-16-27(20-24)30(25-13-6-5-7-14-25)26-15-8-9-18-34(19-17-26)31(35)28-21-29(32-2)23-33-22-28/h3,5-7,10,12-14,16,20-23,26,30H,1-2,8-9,15,17-19H2. The molecule has 1 fully saturated rings. The maximum absolute atomic E-state index is 13.3. The van der Waals surface area contributed by atoms with E-state index in [1.54, 1.807) is 24.5 Å². The van der Waals surface area contributed by atoms with Crippen LogP contribution in [0.25, 0.3) is 0 Å². The number of aromatic nitrogens is 1. The topological polar surface area (TPSA) is 45.6 Å². The SMILES string of the molecule is C=CC#Cc1cccc(C(c2ccccc2)C2CCCCN(C(=O)c3cncc(N=C)c3)CC2)c1. The van der Waals surface area contributed by atoms with Gasteiger partial charge in [0.15, 0.2) is 0 Å². The number of pyridine rings is 1. The lowest BCUT2D eigenvalue weighted by Gasteiger charge is -2.33. The molecule has 2 aromatic carbocycles. The largest absolute Gasteiger partial charge is 0.339 e. The fourth-order valence-electron chi connectivity index (χ4n) is 4.98. The Kier molecular flexibility index (Phi) is 8.25. The number of hydrogen-bond donors (Lipinski definition) is 0. The third kappa shape index (κ3) is 6.13. The van der Waals surface area contributed by atoms with Crippen molar-refractivity contribution in [1.29, 1.82) is 0 Å². The number of carbonyl (C=O) groups excluding carboxylic acids is 1. The lowest BCUT2D eigenvalue weighted by atomic mass is 9.76. The van der Waals surface area contributed by atoms with Gasteiger partial charge in [-0.3, -0.25) is 14.8 Å². The first kappa shape index (κ1) is 24.2. The van der Waals surface area contributed by atoms with Crippen LogP contribution in [0, 0.1) is 17.8 Å². The summed E-state index contributed by atoms with van der Waals surface area (Å²) in [5.41, 5.74) is 4.75. The molecule has 1 aromatic heterocycles. The van der Waals surface area contributed by atoms with E-state index in [2.05, 4.69) is 83.6 Å². The van der Waals surface area contributed by atoms with Crippen molar-refractivity contribution in [2.24, 2.45) is 10.9 Å². The zero-order valence-electron chi connectivity index (χ0n) is 20.1. The first-order valence-electron chi connectivity index (χ1n) is 12.2. The van der Waals surface area contributed by atoms with Gasteiger partial charge in [0.1, 0.15) is 0 Å². The third-order valence-corrected chi connectivity index (χ3v) is 6.66. The Morgan fingerprint density at radius 1 is 1.03 bits per heavy atom. The highest BCUT2D eigenvalue weighted by Gasteiger charge is 2.28. The summed E-state index contributed by atoms with van der Waals surface area (Å²) in [6, 6.07) is 21.0. The second-order valence-corrected chi connectivity index (χ2v) is 8.91. The van der Waals surface area contributed by atoms with Crippen LogP contribution in [0.4, 0.5) is 5.69 Å². The van der Waals surface area contributed by atoms with Crippen LogP contribution in [0.3, 0.4) is 0 Å². The molecule has 1 aliphatic heterocycles. The fraction of sp³-hybridized carbons (Fsp3) is 0.258. The molecule has 0 aliphatic carbocycles. The van der Waals surface area contributed by atoms with E-state index in [4.69, 9.17) is 0 Å². The summed E-state index contributed by atoms with van der Waals surface area (Å²) in [4.78, 5) is 23.4. The molecule has 176 valence electrons. The van der Waals surface area contributed by atoms with Crippen LogP contribution >= 0.6 is 0 Å². The van der Waals surface area contributed by atoms with Gasteiger partial charge in [-0.05, 0) is 67.3 Å². The van der Waals surface area contributed by atoms with Gasteiger partial charge in [-0.15, -0.1) is 0 Å². The number of benzene rings is 2. The highest BCUT2D eigenvalue weighted by Crippen LogP contribution is 2.38. The van der Waals surface area contributed by atoms with Gasteiger partial charge < -0.3 is 4.90 Å². The van der Waals surface area contributed by atoms with Crippen molar-refractivity contribution in [2.75, 3.05) is 13.1 Å². The van der Waals surface area contributed by atoms with Gasteiger partial charge in [0.25, 0.3) is 5.91 Å². The molecule has 4 heteroatoms. The Morgan fingerprint density at radius 2 is 1.86 bits per heavy atom. The Balaban J connectivity index is 1.61. The quantitative estimate of drug-likeness (QED) is 0.325. The first-order valence-corrected chi connectivity index (χ1v) is 12.2. The van der Waals surface area contributed by atoms with Crippen molar-refractivity contribution in [3.63, 3.8) is 0 Å². The Labute approximate surface area is 208 Å². The van der Waals surface area contributed by atoms with Crippen LogP contribution in [-0.2, 0) is 0 Å².